The van der Waals surface area contributed by atoms with Crippen molar-refractivity contribution in [2.24, 2.45) is 0 Å². The maximum Gasteiger partial charge on any atom is 0.228 e. The monoisotopic (exact) mass is 272 g/mol. The number of amides is 1. The van der Waals surface area contributed by atoms with Crippen molar-refractivity contribution < 1.29 is 4.79 Å². The van der Waals surface area contributed by atoms with Gasteiger partial charge in [0.2, 0.25) is 5.91 Å². The quantitative estimate of drug-likeness (QED) is 0.866. The van der Waals surface area contributed by atoms with Crippen molar-refractivity contribution in [3.8, 4) is 0 Å². The van der Waals surface area contributed by atoms with Gasteiger partial charge in [0.05, 0.1) is 5.92 Å². The van der Waals surface area contributed by atoms with Crippen LogP contribution in [0.1, 0.15) is 56.9 Å². The third-order valence-electron chi connectivity index (χ3n) is 4.78. The standard InChI is InChI=1S/C17H24N2O/c1-17(10-5-2-6-11-17)19-16(20)14-9-12-18-15-8-4-3-7-13(14)15/h3-4,7-8,14,18H,2,5-6,9-12H2,1H3,(H,19,20). The Hall–Kier alpha value is -1.51. The molecule has 3 heteroatoms. The molecule has 1 fully saturated rings. The number of carbonyl (C=O) groups is 1. The van der Waals surface area contributed by atoms with Gasteiger partial charge in [-0.25, -0.2) is 0 Å². The summed E-state index contributed by atoms with van der Waals surface area (Å²) in [6, 6.07) is 8.19. The Kier molecular flexibility index (Phi) is 3.68. The van der Waals surface area contributed by atoms with Gasteiger partial charge in [-0.1, -0.05) is 37.5 Å². The van der Waals surface area contributed by atoms with Crippen LogP contribution < -0.4 is 10.6 Å². The fourth-order valence-corrected chi connectivity index (χ4v) is 3.58. The third-order valence-corrected chi connectivity index (χ3v) is 4.78. The van der Waals surface area contributed by atoms with Gasteiger partial charge in [-0.2, -0.15) is 0 Å². The Balaban J connectivity index is 1.75. The van der Waals surface area contributed by atoms with E-state index in [4.69, 9.17) is 0 Å². The highest BCUT2D eigenvalue weighted by Gasteiger charge is 2.33. The van der Waals surface area contributed by atoms with Gasteiger partial charge >= 0.3 is 0 Å². The zero-order valence-corrected chi connectivity index (χ0v) is 12.2. The van der Waals surface area contributed by atoms with Crippen LogP contribution in [-0.2, 0) is 4.79 Å². The largest absolute Gasteiger partial charge is 0.385 e. The van der Waals surface area contributed by atoms with E-state index in [9.17, 15) is 4.79 Å². The van der Waals surface area contributed by atoms with Gasteiger partial charge in [0.1, 0.15) is 0 Å². The molecule has 1 saturated carbocycles. The molecular formula is C17H24N2O. The van der Waals surface area contributed by atoms with E-state index in [1.54, 1.807) is 0 Å². The van der Waals surface area contributed by atoms with E-state index in [-0.39, 0.29) is 17.4 Å². The lowest BCUT2D eigenvalue weighted by Crippen LogP contribution is -2.49. The third kappa shape index (κ3) is 2.67. The summed E-state index contributed by atoms with van der Waals surface area (Å²) < 4.78 is 0. The van der Waals surface area contributed by atoms with Gasteiger partial charge in [0.15, 0.2) is 0 Å². The minimum Gasteiger partial charge on any atom is -0.385 e. The van der Waals surface area contributed by atoms with E-state index in [2.05, 4.69) is 29.7 Å². The van der Waals surface area contributed by atoms with Crippen molar-refractivity contribution in [3.05, 3.63) is 29.8 Å². The first-order valence-electron chi connectivity index (χ1n) is 7.83. The van der Waals surface area contributed by atoms with Crippen molar-refractivity contribution in [1.82, 2.24) is 5.32 Å². The van der Waals surface area contributed by atoms with Crippen molar-refractivity contribution in [2.45, 2.75) is 56.9 Å². The first-order chi connectivity index (χ1) is 9.68. The highest BCUT2D eigenvalue weighted by atomic mass is 16.2. The minimum absolute atomic E-state index is 0.00574. The van der Waals surface area contributed by atoms with Crippen LogP contribution in [0.25, 0.3) is 0 Å². The SMILES string of the molecule is CC1(NC(=O)C2CCNc3ccccc32)CCCCC1. The molecule has 1 atom stereocenters. The molecule has 108 valence electrons. The molecule has 0 radical (unpaired) electrons. The summed E-state index contributed by atoms with van der Waals surface area (Å²) in [5.41, 5.74) is 2.28. The predicted octanol–water partition coefficient (Wildman–Crippen LogP) is 3.42. The first-order valence-corrected chi connectivity index (χ1v) is 7.83. The van der Waals surface area contributed by atoms with E-state index < -0.39 is 0 Å². The minimum atomic E-state index is 0.00574. The number of hydrogen-bond acceptors (Lipinski definition) is 2. The van der Waals surface area contributed by atoms with Crippen LogP contribution in [0.2, 0.25) is 0 Å². The Morgan fingerprint density at radius 2 is 2.00 bits per heavy atom. The number of anilines is 1. The Morgan fingerprint density at radius 1 is 1.25 bits per heavy atom. The molecule has 0 bridgehead atoms. The van der Waals surface area contributed by atoms with Gasteiger partial charge in [-0.15, -0.1) is 0 Å². The van der Waals surface area contributed by atoms with Crippen molar-refractivity contribution in [1.29, 1.82) is 0 Å². The van der Waals surface area contributed by atoms with E-state index in [0.29, 0.717) is 0 Å². The summed E-state index contributed by atoms with van der Waals surface area (Å²) in [5, 5.41) is 6.72. The average molecular weight is 272 g/mol. The van der Waals surface area contributed by atoms with Crippen LogP contribution in [-0.4, -0.2) is 18.0 Å². The smallest absolute Gasteiger partial charge is 0.228 e. The Bertz CT molecular complexity index is 492. The zero-order valence-electron chi connectivity index (χ0n) is 12.2. The zero-order chi connectivity index (χ0) is 14.0. The van der Waals surface area contributed by atoms with E-state index in [0.717, 1.165) is 37.1 Å². The Labute approximate surface area is 121 Å². The van der Waals surface area contributed by atoms with Crippen LogP contribution in [0, 0.1) is 0 Å². The number of hydrogen-bond donors (Lipinski definition) is 2. The predicted molar refractivity (Wildman–Crippen MR) is 81.9 cm³/mol. The lowest BCUT2D eigenvalue weighted by atomic mass is 9.82. The number of para-hydroxylation sites is 1. The molecule has 3 rings (SSSR count). The highest BCUT2D eigenvalue weighted by Crippen LogP contribution is 2.33. The molecule has 3 nitrogen and oxygen atoms in total. The number of benzene rings is 1. The molecule has 0 saturated heterocycles. The maximum absolute atomic E-state index is 12.7. The van der Waals surface area contributed by atoms with E-state index in [1.165, 1.54) is 19.3 Å². The van der Waals surface area contributed by atoms with Crippen LogP contribution in [0.3, 0.4) is 0 Å². The van der Waals surface area contributed by atoms with E-state index >= 15 is 0 Å². The molecule has 1 amide bonds. The lowest BCUT2D eigenvalue weighted by Gasteiger charge is -2.36. The molecule has 1 aliphatic heterocycles. The van der Waals surface area contributed by atoms with Crippen LogP contribution >= 0.6 is 0 Å². The number of fused-ring (bicyclic) bond motifs is 1. The average Bonchev–Trinajstić information content (AvgIpc) is 2.47. The number of nitrogens with one attached hydrogen (secondary N) is 2. The van der Waals surface area contributed by atoms with Crippen LogP contribution in [0.5, 0.6) is 0 Å². The fraction of sp³-hybridized carbons (Fsp3) is 0.588. The van der Waals surface area contributed by atoms with Crippen molar-refractivity contribution >= 4 is 11.6 Å². The summed E-state index contributed by atoms with van der Waals surface area (Å²) in [5.74, 6) is 0.217. The Morgan fingerprint density at radius 3 is 2.80 bits per heavy atom. The summed E-state index contributed by atoms with van der Waals surface area (Å²) in [4.78, 5) is 12.7. The molecule has 2 N–H and O–H groups in total. The number of rotatable bonds is 2. The maximum atomic E-state index is 12.7. The second-order valence-electron chi connectivity index (χ2n) is 6.47. The summed E-state index contributed by atoms with van der Waals surface area (Å²) in [7, 11) is 0. The van der Waals surface area contributed by atoms with E-state index in [1.807, 2.05) is 12.1 Å². The van der Waals surface area contributed by atoms with Gasteiger partial charge in [-0.05, 0) is 37.8 Å². The van der Waals surface area contributed by atoms with Gasteiger partial charge < -0.3 is 10.6 Å². The van der Waals surface area contributed by atoms with Crippen molar-refractivity contribution in [2.75, 3.05) is 11.9 Å². The van der Waals surface area contributed by atoms with Gasteiger partial charge in [-0.3, -0.25) is 4.79 Å². The lowest BCUT2D eigenvalue weighted by molar-refractivity contribution is -0.124. The molecule has 1 aromatic rings. The topological polar surface area (TPSA) is 41.1 Å². The highest BCUT2D eigenvalue weighted by molar-refractivity contribution is 5.86. The second kappa shape index (κ2) is 5.47. The summed E-state index contributed by atoms with van der Waals surface area (Å²) >= 11 is 0. The van der Waals surface area contributed by atoms with Crippen LogP contribution in [0.4, 0.5) is 5.69 Å². The number of carbonyl (C=O) groups excluding carboxylic acids is 1. The molecule has 1 aromatic carbocycles. The molecule has 1 unspecified atom stereocenters. The summed E-state index contributed by atoms with van der Waals surface area (Å²) in [6.07, 6.45) is 6.90. The molecule has 0 spiro atoms. The van der Waals surface area contributed by atoms with Gasteiger partial charge in [0.25, 0.3) is 0 Å². The molecule has 20 heavy (non-hydrogen) atoms. The van der Waals surface area contributed by atoms with Crippen molar-refractivity contribution in [3.63, 3.8) is 0 Å². The van der Waals surface area contributed by atoms with Gasteiger partial charge in [0, 0.05) is 17.8 Å². The van der Waals surface area contributed by atoms with Crippen LogP contribution in [0.15, 0.2) is 24.3 Å². The molecular weight excluding hydrogens is 248 g/mol. The molecule has 1 aliphatic carbocycles. The first kappa shape index (κ1) is 13.5. The normalized spacial score (nSPS) is 24.4. The second-order valence-corrected chi connectivity index (χ2v) is 6.47. The fourth-order valence-electron chi connectivity index (χ4n) is 3.58. The molecule has 0 aromatic heterocycles. The summed E-state index contributed by atoms with van der Waals surface area (Å²) in [6.45, 7) is 3.09. The molecule has 1 heterocycles. The molecule has 2 aliphatic rings.